The standard InChI is InChI=1S/C10H15N3O2/c14-8-3-4-13(5-8)6-9-11-10(15-12-9)7-1-2-7/h7-8,14H,1-6H2/t8-/m0/s1. The number of nitrogens with zero attached hydrogens (tertiary/aromatic N) is 3. The molecule has 1 aromatic rings. The third-order valence-corrected chi connectivity index (χ3v) is 3.02. The molecule has 0 radical (unpaired) electrons. The van der Waals surface area contributed by atoms with Crippen LogP contribution >= 0.6 is 0 Å². The largest absolute Gasteiger partial charge is 0.392 e. The monoisotopic (exact) mass is 209 g/mol. The van der Waals surface area contributed by atoms with Crippen LogP contribution in [-0.2, 0) is 6.54 Å². The number of aliphatic hydroxyl groups is 1. The second-order valence-corrected chi connectivity index (χ2v) is 4.50. The molecule has 2 aliphatic rings. The molecule has 1 aliphatic carbocycles. The fourth-order valence-electron chi connectivity index (χ4n) is 1.98. The predicted molar refractivity (Wildman–Crippen MR) is 52.2 cm³/mol. The van der Waals surface area contributed by atoms with E-state index in [1.807, 2.05) is 0 Å². The van der Waals surface area contributed by atoms with Gasteiger partial charge in [0.15, 0.2) is 5.82 Å². The van der Waals surface area contributed by atoms with Gasteiger partial charge in [0.05, 0.1) is 12.6 Å². The van der Waals surface area contributed by atoms with Crippen molar-refractivity contribution in [1.82, 2.24) is 15.0 Å². The van der Waals surface area contributed by atoms with Crippen LogP contribution in [0.2, 0.25) is 0 Å². The molecule has 0 bridgehead atoms. The molecule has 1 aliphatic heterocycles. The van der Waals surface area contributed by atoms with Crippen molar-refractivity contribution in [3.05, 3.63) is 11.7 Å². The van der Waals surface area contributed by atoms with Crippen LogP contribution < -0.4 is 0 Å². The Morgan fingerprint density at radius 3 is 2.93 bits per heavy atom. The normalized spacial score (nSPS) is 27.4. The number of hydrogen-bond donors (Lipinski definition) is 1. The maximum absolute atomic E-state index is 9.38. The van der Waals surface area contributed by atoms with E-state index >= 15 is 0 Å². The van der Waals surface area contributed by atoms with Gasteiger partial charge in [-0.05, 0) is 19.3 Å². The highest BCUT2D eigenvalue weighted by atomic mass is 16.5. The molecule has 0 unspecified atom stereocenters. The van der Waals surface area contributed by atoms with Gasteiger partial charge in [-0.3, -0.25) is 4.90 Å². The molecule has 1 saturated carbocycles. The van der Waals surface area contributed by atoms with Crippen molar-refractivity contribution in [2.45, 2.75) is 37.8 Å². The van der Waals surface area contributed by atoms with Gasteiger partial charge in [-0.15, -0.1) is 0 Å². The first-order valence-corrected chi connectivity index (χ1v) is 5.54. The third-order valence-electron chi connectivity index (χ3n) is 3.02. The van der Waals surface area contributed by atoms with Crippen molar-refractivity contribution < 1.29 is 9.63 Å². The van der Waals surface area contributed by atoms with Crippen LogP contribution in [-0.4, -0.2) is 39.3 Å². The number of aliphatic hydroxyl groups excluding tert-OH is 1. The van der Waals surface area contributed by atoms with E-state index < -0.39 is 0 Å². The van der Waals surface area contributed by atoms with Crippen molar-refractivity contribution in [1.29, 1.82) is 0 Å². The zero-order chi connectivity index (χ0) is 10.3. The van der Waals surface area contributed by atoms with Gasteiger partial charge < -0.3 is 9.63 Å². The van der Waals surface area contributed by atoms with E-state index in [0.29, 0.717) is 12.5 Å². The molecule has 2 heterocycles. The smallest absolute Gasteiger partial charge is 0.229 e. The maximum Gasteiger partial charge on any atom is 0.229 e. The average molecular weight is 209 g/mol. The molecule has 0 spiro atoms. The Morgan fingerprint density at radius 2 is 2.27 bits per heavy atom. The Labute approximate surface area is 88.1 Å². The van der Waals surface area contributed by atoms with Gasteiger partial charge in [-0.25, -0.2) is 0 Å². The molecule has 5 heteroatoms. The zero-order valence-corrected chi connectivity index (χ0v) is 8.59. The summed E-state index contributed by atoms with van der Waals surface area (Å²) in [7, 11) is 0. The van der Waals surface area contributed by atoms with Gasteiger partial charge in [0.25, 0.3) is 0 Å². The molecule has 2 fully saturated rings. The van der Waals surface area contributed by atoms with Gasteiger partial charge in [0.2, 0.25) is 5.89 Å². The number of β-amino-alcohol motifs (C(OH)–C–C–N with tert-alkyl or cyclic N) is 1. The van der Waals surface area contributed by atoms with Gasteiger partial charge in [0.1, 0.15) is 0 Å². The molecule has 0 aromatic carbocycles. The highest BCUT2D eigenvalue weighted by Crippen LogP contribution is 2.38. The molecule has 3 rings (SSSR count). The maximum atomic E-state index is 9.38. The Hall–Kier alpha value is -0.940. The van der Waals surface area contributed by atoms with Crippen LogP contribution in [0.1, 0.15) is 36.9 Å². The summed E-state index contributed by atoms with van der Waals surface area (Å²) in [6, 6.07) is 0. The number of rotatable bonds is 3. The highest BCUT2D eigenvalue weighted by Gasteiger charge is 2.30. The summed E-state index contributed by atoms with van der Waals surface area (Å²) in [5.41, 5.74) is 0. The lowest BCUT2D eigenvalue weighted by Gasteiger charge is -2.10. The quantitative estimate of drug-likeness (QED) is 0.786. The van der Waals surface area contributed by atoms with E-state index in [0.717, 1.165) is 31.2 Å². The van der Waals surface area contributed by atoms with Gasteiger partial charge >= 0.3 is 0 Å². The minimum atomic E-state index is -0.181. The second kappa shape index (κ2) is 3.57. The van der Waals surface area contributed by atoms with Crippen LogP contribution in [0.3, 0.4) is 0 Å². The fourth-order valence-corrected chi connectivity index (χ4v) is 1.98. The molecule has 1 aromatic heterocycles. The van der Waals surface area contributed by atoms with Crippen molar-refractivity contribution in [3.8, 4) is 0 Å². The highest BCUT2D eigenvalue weighted by molar-refractivity contribution is 5.01. The number of hydrogen-bond acceptors (Lipinski definition) is 5. The third kappa shape index (κ3) is 2.03. The average Bonchev–Trinajstić information content (AvgIpc) is 2.84. The van der Waals surface area contributed by atoms with E-state index in [4.69, 9.17) is 4.52 Å². The minimum absolute atomic E-state index is 0.181. The van der Waals surface area contributed by atoms with E-state index in [2.05, 4.69) is 15.0 Å². The lowest BCUT2D eigenvalue weighted by atomic mass is 10.3. The summed E-state index contributed by atoms with van der Waals surface area (Å²) < 4.78 is 5.18. The molecule has 1 saturated heterocycles. The van der Waals surface area contributed by atoms with Gasteiger partial charge in [-0.1, -0.05) is 5.16 Å². The van der Waals surface area contributed by atoms with Crippen LogP contribution in [0, 0.1) is 0 Å². The summed E-state index contributed by atoms with van der Waals surface area (Å²) in [5, 5.41) is 13.3. The van der Waals surface area contributed by atoms with Crippen LogP contribution in [0.25, 0.3) is 0 Å². The lowest BCUT2D eigenvalue weighted by molar-refractivity contribution is 0.173. The Morgan fingerprint density at radius 1 is 1.40 bits per heavy atom. The molecule has 5 nitrogen and oxygen atoms in total. The van der Waals surface area contributed by atoms with Crippen molar-refractivity contribution >= 4 is 0 Å². The van der Waals surface area contributed by atoms with Crippen LogP contribution in [0.4, 0.5) is 0 Å². The lowest BCUT2D eigenvalue weighted by Crippen LogP contribution is -2.22. The molecule has 0 amide bonds. The van der Waals surface area contributed by atoms with Gasteiger partial charge in [0, 0.05) is 19.0 Å². The molecule has 82 valence electrons. The first-order valence-electron chi connectivity index (χ1n) is 5.54. The first-order chi connectivity index (χ1) is 7.31. The van der Waals surface area contributed by atoms with Crippen LogP contribution in [0.5, 0.6) is 0 Å². The van der Waals surface area contributed by atoms with Gasteiger partial charge in [-0.2, -0.15) is 4.98 Å². The van der Waals surface area contributed by atoms with E-state index in [-0.39, 0.29) is 6.10 Å². The molecular weight excluding hydrogens is 194 g/mol. The summed E-state index contributed by atoms with van der Waals surface area (Å²) in [5.74, 6) is 2.08. The Balaban J connectivity index is 1.61. The number of likely N-dealkylation sites (tertiary alicyclic amines) is 1. The molecule has 1 atom stereocenters. The van der Waals surface area contributed by atoms with E-state index in [1.54, 1.807) is 0 Å². The Kier molecular flexibility index (Phi) is 2.21. The molecule has 1 N–H and O–H groups in total. The SMILES string of the molecule is O[C@H]1CCN(Cc2noc(C3CC3)n2)C1. The Bertz CT molecular complexity index is 348. The summed E-state index contributed by atoms with van der Waals surface area (Å²) in [6.45, 7) is 2.36. The fraction of sp³-hybridized carbons (Fsp3) is 0.800. The molecular formula is C10H15N3O2. The molecule has 15 heavy (non-hydrogen) atoms. The predicted octanol–water partition coefficient (Wildman–Crippen LogP) is 0.514. The summed E-state index contributed by atoms with van der Waals surface area (Å²) in [4.78, 5) is 6.52. The van der Waals surface area contributed by atoms with Crippen molar-refractivity contribution in [2.75, 3.05) is 13.1 Å². The van der Waals surface area contributed by atoms with E-state index in [1.165, 1.54) is 12.8 Å². The van der Waals surface area contributed by atoms with Crippen LogP contribution in [0.15, 0.2) is 4.52 Å². The first kappa shape index (κ1) is 9.30. The zero-order valence-electron chi connectivity index (χ0n) is 8.59. The summed E-state index contributed by atoms with van der Waals surface area (Å²) in [6.07, 6.45) is 3.04. The second-order valence-electron chi connectivity index (χ2n) is 4.50. The minimum Gasteiger partial charge on any atom is -0.392 e. The summed E-state index contributed by atoms with van der Waals surface area (Å²) >= 11 is 0. The van der Waals surface area contributed by atoms with E-state index in [9.17, 15) is 5.11 Å². The topological polar surface area (TPSA) is 62.4 Å². The van der Waals surface area contributed by atoms with Crippen molar-refractivity contribution in [2.24, 2.45) is 0 Å². The van der Waals surface area contributed by atoms with Crippen molar-refractivity contribution in [3.63, 3.8) is 0 Å². The number of aromatic nitrogens is 2.